The van der Waals surface area contributed by atoms with E-state index in [1.807, 2.05) is 41.1 Å². The Balaban J connectivity index is 1.56. The van der Waals surface area contributed by atoms with E-state index in [-0.39, 0.29) is 21.9 Å². The van der Waals surface area contributed by atoms with Crippen molar-refractivity contribution >= 4 is 81.0 Å². The van der Waals surface area contributed by atoms with E-state index in [0.29, 0.717) is 22.2 Å². The Kier molecular flexibility index (Phi) is 6.55. The largest absolute Gasteiger partial charge is 0.478 e. The van der Waals surface area contributed by atoms with Gasteiger partial charge < -0.3 is 9.67 Å². The van der Waals surface area contributed by atoms with Crippen LogP contribution in [0.15, 0.2) is 78.5 Å². The first kappa shape index (κ1) is 24.7. The number of carboxylic acid groups (broad SMARTS) is 1. The van der Waals surface area contributed by atoms with Crippen molar-refractivity contribution in [2.75, 3.05) is 4.90 Å². The van der Waals surface area contributed by atoms with Gasteiger partial charge in [-0.1, -0.05) is 53.5 Å². The molecule has 1 aromatic heterocycles. The van der Waals surface area contributed by atoms with Gasteiger partial charge in [0.25, 0.3) is 11.8 Å². The van der Waals surface area contributed by atoms with Crippen LogP contribution in [0.5, 0.6) is 0 Å². The van der Waals surface area contributed by atoms with Gasteiger partial charge in [-0.05, 0) is 60.3 Å². The summed E-state index contributed by atoms with van der Waals surface area (Å²) in [4.78, 5) is 38.8. The molecule has 1 saturated heterocycles. The lowest BCUT2D eigenvalue weighted by atomic mass is 10.1. The van der Waals surface area contributed by atoms with E-state index in [1.165, 1.54) is 24.3 Å². The van der Waals surface area contributed by atoms with Crippen molar-refractivity contribution in [3.8, 4) is 0 Å². The van der Waals surface area contributed by atoms with E-state index in [1.54, 1.807) is 18.2 Å². The molecule has 1 aliphatic rings. The zero-order valence-electron chi connectivity index (χ0n) is 18.9. The van der Waals surface area contributed by atoms with Crippen molar-refractivity contribution in [2.45, 2.75) is 6.54 Å². The van der Waals surface area contributed by atoms with E-state index < -0.39 is 17.8 Å². The lowest BCUT2D eigenvalue weighted by molar-refractivity contribution is -0.122. The van der Waals surface area contributed by atoms with Crippen LogP contribution in [0.3, 0.4) is 0 Å². The molecule has 5 rings (SSSR count). The number of thiocarbonyl (C=S) groups is 1. The maximum Gasteiger partial charge on any atom is 0.335 e. The molecular formula is C27H17Cl2N3O4S. The summed E-state index contributed by atoms with van der Waals surface area (Å²) >= 11 is 17.5. The van der Waals surface area contributed by atoms with Gasteiger partial charge in [0.2, 0.25) is 0 Å². The highest BCUT2D eigenvalue weighted by molar-refractivity contribution is 7.80. The maximum atomic E-state index is 13.5. The molecule has 1 aliphatic heterocycles. The number of carbonyl (C=O) groups is 3. The van der Waals surface area contributed by atoms with Gasteiger partial charge in [0.1, 0.15) is 5.57 Å². The smallest absolute Gasteiger partial charge is 0.335 e. The molecule has 0 atom stereocenters. The Morgan fingerprint density at radius 1 is 1.00 bits per heavy atom. The lowest BCUT2D eigenvalue weighted by Crippen LogP contribution is -2.54. The molecule has 0 radical (unpaired) electrons. The Hall–Kier alpha value is -3.98. The molecule has 2 heterocycles. The van der Waals surface area contributed by atoms with Crippen LogP contribution in [0.1, 0.15) is 21.5 Å². The molecule has 4 aromatic rings. The van der Waals surface area contributed by atoms with Crippen molar-refractivity contribution in [3.63, 3.8) is 0 Å². The monoisotopic (exact) mass is 549 g/mol. The van der Waals surface area contributed by atoms with Crippen LogP contribution in [0.2, 0.25) is 10.0 Å². The first-order valence-electron chi connectivity index (χ1n) is 11.0. The van der Waals surface area contributed by atoms with Crippen LogP contribution < -0.4 is 10.2 Å². The predicted octanol–water partition coefficient (Wildman–Crippen LogP) is 5.53. The first-order chi connectivity index (χ1) is 17.7. The number of amides is 2. The number of carboxylic acids is 1. The number of aromatic nitrogens is 1. The number of hydrogen-bond acceptors (Lipinski definition) is 4. The number of anilines is 1. The van der Waals surface area contributed by atoms with Crippen LogP contribution in [-0.4, -0.2) is 32.6 Å². The van der Waals surface area contributed by atoms with E-state index in [0.717, 1.165) is 21.4 Å². The fourth-order valence-electron chi connectivity index (χ4n) is 4.18. The highest BCUT2D eigenvalue weighted by Crippen LogP contribution is 2.29. The van der Waals surface area contributed by atoms with Crippen molar-refractivity contribution < 1.29 is 19.5 Å². The normalized spacial score (nSPS) is 14.9. The number of benzene rings is 3. The van der Waals surface area contributed by atoms with Crippen LogP contribution in [0, 0.1) is 0 Å². The number of fused-ring (bicyclic) bond motifs is 1. The van der Waals surface area contributed by atoms with Crippen LogP contribution in [0.4, 0.5) is 5.69 Å². The zero-order chi connectivity index (χ0) is 26.3. The third-order valence-electron chi connectivity index (χ3n) is 5.91. The van der Waals surface area contributed by atoms with Crippen molar-refractivity contribution in [1.82, 2.24) is 9.88 Å². The van der Waals surface area contributed by atoms with Gasteiger partial charge in [-0.15, -0.1) is 0 Å². The van der Waals surface area contributed by atoms with Crippen molar-refractivity contribution in [3.05, 3.63) is 105 Å². The third kappa shape index (κ3) is 4.74. The molecule has 3 aromatic carbocycles. The summed E-state index contributed by atoms with van der Waals surface area (Å²) < 4.78 is 1.99. The zero-order valence-corrected chi connectivity index (χ0v) is 21.3. The number of para-hydroxylation sites is 1. The van der Waals surface area contributed by atoms with Gasteiger partial charge in [-0.25, -0.2) is 4.79 Å². The molecule has 1 fully saturated rings. The molecule has 184 valence electrons. The molecule has 2 amide bonds. The van der Waals surface area contributed by atoms with E-state index in [9.17, 15) is 19.5 Å². The van der Waals surface area contributed by atoms with E-state index >= 15 is 0 Å². The average Bonchev–Trinajstić information content (AvgIpc) is 3.21. The van der Waals surface area contributed by atoms with Gasteiger partial charge in [0.05, 0.1) is 21.3 Å². The van der Waals surface area contributed by atoms with Crippen molar-refractivity contribution in [1.29, 1.82) is 0 Å². The van der Waals surface area contributed by atoms with Gasteiger partial charge in [0, 0.05) is 29.2 Å². The van der Waals surface area contributed by atoms with Gasteiger partial charge >= 0.3 is 5.97 Å². The first-order valence-corrected chi connectivity index (χ1v) is 12.2. The van der Waals surface area contributed by atoms with E-state index in [2.05, 4.69) is 5.32 Å². The molecule has 10 heteroatoms. The summed E-state index contributed by atoms with van der Waals surface area (Å²) in [6.07, 6.45) is 3.37. The van der Waals surface area contributed by atoms with E-state index in [4.69, 9.17) is 35.4 Å². The fraction of sp³-hybridized carbons (Fsp3) is 0.0370. The van der Waals surface area contributed by atoms with Gasteiger partial charge in [-0.3, -0.25) is 19.8 Å². The second kappa shape index (κ2) is 9.82. The second-order valence-electron chi connectivity index (χ2n) is 8.29. The minimum Gasteiger partial charge on any atom is -0.478 e. The number of halogens is 2. The summed E-state index contributed by atoms with van der Waals surface area (Å²) in [6, 6.07) is 18.8. The molecule has 2 N–H and O–H groups in total. The number of nitrogens with one attached hydrogen (secondary N) is 1. The quantitative estimate of drug-likeness (QED) is 0.194. The summed E-state index contributed by atoms with van der Waals surface area (Å²) in [6.45, 7) is 0.485. The second-order valence-corrected chi connectivity index (χ2v) is 9.49. The minimum atomic E-state index is -1.15. The highest BCUT2D eigenvalue weighted by atomic mass is 35.5. The molecule has 0 aliphatic carbocycles. The summed E-state index contributed by atoms with van der Waals surface area (Å²) in [5, 5.41) is 13.5. The summed E-state index contributed by atoms with van der Waals surface area (Å²) in [5.41, 5.74) is 2.57. The van der Waals surface area contributed by atoms with Gasteiger partial charge in [-0.2, -0.15) is 0 Å². The minimum absolute atomic E-state index is 0.0131. The number of rotatable bonds is 5. The predicted molar refractivity (Wildman–Crippen MR) is 147 cm³/mol. The molecular weight excluding hydrogens is 533 g/mol. The summed E-state index contributed by atoms with van der Waals surface area (Å²) in [7, 11) is 0. The molecule has 0 spiro atoms. The fourth-order valence-corrected chi connectivity index (χ4v) is 4.78. The van der Waals surface area contributed by atoms with Crippen molar-refractivity contribution in [2.24, 2.45) is 0 Å². The number of hydrogen-bond donors (Lipinski definition) is 2. The Bertz CT molecular complexity index is 1660. The molecule has 37 heavy (non-hydrogen) atoms. The Morgan fingerprint density at radius 3 is 2.54 bits per heavy atom. The Labute approximate surface area is 226 Å². The SMILES string of the molecule is O=C1NC(=S)N(c2cccc(C(=O)O)c2)C(=O)C1=Cc1cn(Cc2ccc(Cl)c(Cl)c2)c2ccccc12. The topological polar surface area (TPSA) is 91.6 Å². The Morgan fingerprint density at radius 2 is 1.78 bits per heavy atom. The lowest BCUT2D eigenvalue weighted by Gasteiger charge is -2.29. The summed E-state index contributed by atoms with van der Waals surface area (Å²) in [5.74, 6) is -2.44. The molecule has 0 saturated carbocycles. The van der Waals surface area contributed by atoms with Crippen LogP contribution in [0.25, 0.3) is 17.0 Å². The molecule has 0 unspecified atom stereocenters. The molecule has 7 nitrogen and oxygen atoms in total. The van der Waals surface area contributed by atoms with Crippen LogP contribution >= 0.6 is 35.4 Å². The van der Waals surface area contributed by atoms with Gasteiger partial charge in [0.15, 0.2) is 5.11 Å². The maximum absolute atomic E-state index is 13.5. The third-order valence-corrected chi connectivity index (χ3v) is 6.93. The van der Waals surface area contributed by atoms with Crippen LogP contribution in [-0.2, 0) is 16.1 Å². The number of nitrogens with zero attached hydrogens (tertiary/aromatic N) is 2. The molecule has 0 bridgehead atoms. The standard InChI is InChI=1S/C27H17Cl2N3O4S/c28-21-9-8-15(10-22(21)29)13-31-14-17(19-6-1-2-7-23(19)31)12-20-24(33)30-27(37)32(25(20)34)18-5-3-4-16(11-18)26(35)36/h1-12,14H,13H2,(H,35,36)(H,30,33,37). The highest BCUT2D eigenvalue weighted by Gasteiger charge is 2.35. The number of carbonyl (C=O) groups excluding carboxylic acids is 2. The average molecular weight is 550 g/mol. The number of aromatic carboxylic acids is 1.